The molecule has 1 saturated heterocycles. The van der Waals surface area contributed by atoms with Crippen molar-refractivity contribution in [3.8, 4) is 0 Å². The van der Waals surface area contributed by atoms with Crippen LogP contribution in [-0.2, 0) is 4.79 Å². The van der Waals surface area contributed by atoms with E-state index in [0.29, 0.717) is 23.9 Å². The highest BCUT2D eigenvalue weighted by Gasteiger charge is 2.20. The third-order valence-corrected chi connectivity index (χ3v) is 3.52. The summed E-state index contributed by atoms with van der Waals surface area (Å²) in [4.78, 5) is 11.1. The molecule has 5 nitrogen and oxygen atoms in total. The van der Waals surface area contributed by atoms with Gasteiger partial charge in [-0.3, -0.25) is 4.79 Å². The Morgan fingerprint density at radius 1 is 1.32 bits per heavy atom. The van der Waals surface area contributed by atoms with Gasteiger partial charge in [-0.25, -0.2) is 0 Å². The fourth-order valence-corrected chi connectivity index (χ4v) is 2.45. The van der Waals surface area contributed by atoms with E-state index in [0.717, 1.165) is 17.2 Å². The lowest BCUT2D eigenvalue weighted by Crippen LogP contribution is -2.32. The number of hydrogen-bond donors (Lipinski definition) is 2. The molecule has 1 aromatic carbocycles. The van der Waals surface area contributed by atoms with Crippen molar-refractivity contribution < 1.29 is 4.79 Å². The molecule has 1 aliphatic rings. The number of hydrogen-bond acceptors (Lipinski definition) is 4. The maximum atomic E-state index is 11.1. The summed E-state index contributed by atoms with van der Waals surface area (Å²) in [5.74, 6) is 0.806. The molecule has 2 N–H and O–H groups in total. The second kappa shape index (κ2) is 5.01. The third-order valence-electron chi connectivity index (χ3n) is 3.24. The second-order valence-corrected chi connectivity index (χ2v) is 4.93. The van der Waals surface area contributed by atoms with Gasteiger partial charge in [-0.15, -0.1) is 10.2 Å². The normalized spacial score (nSPS) is 18.6. The van der Waals surface area contributed by atoms with E-state index in [2.05, 4.69) is 20.8 Å². The Hall–Kier alpha value is -1.88. The Kier molecular flexibility index (Phi) is 3.21. The number of rotatable bonds is 3. The average Bonchev–Trinajstić information content (AvgIpc) is 2.84. The predicted octanol–water partition coefficient (Wildman–Crippen LogP) is 1.97. The quantitative estimate of drug-likeness (QED) is 0.899. The Labute approximate surface area is 115 Å². The van der Waals surface area contributed by atoms with E-state index in [9.17, 15) is 4.79 Å². The minimum Gasteiger partial charge on any atom is -0.366 e. The molecule has 0 aliphatic carbocycles. The van der Waals surface area contributed by atoms with Gasteiger partial charge < -0.3 is 10.6 Å². The number of carbonyl (C=O) groups is 1. The van der Waals surface area contributed by atoms with E-state index < -0.39 is 0 Å². The van der Waals surface area contributed by atoms with Gasteiger partial charge in [0.25, 0.3) is 0 Å². The monoisotopic (exact) mass is 276 g/mol. The lowest BCUT2D eigenvalue weighted by molar-refractivity contribution is -0.119. The molecule has 0 radical (unpaired) electrons. The van der Waals surface area contributed by atoms with Gasteiger partial charge in [0.05, 0.1) is 0 Å². The van der Waals surface area contributed by atoms with Gasteiger partial charge in [0.1, 0.15) is 0 Å². The number of amides is 1. The van der Waals surface area contributed by atoms with Crippen LogP contribution in [0.1, 0.15) is 12.8 Å². The van der Waals surface area contributed by atoms with Crippen molar-refractivity contribution in [2.24, 2.45) is 0 Å². The first-order chi connectivity index (χ1) is 9.24. The number of aromatic nitrogens is 2. The smallest absolute Gasteiger partial charge is 0.220 e. The number of carbonyl (C=O) groups excluding carboxylic acids is 1. The van der Waals surface area contributed by atoms with Gasteiger partial charge in [-0.05, 0) is 6.42 Å². The van der Waals surface area contributed by atoms with Gasteiger partial charge in [0.15, 0.2) is 11.0 Å². The van der Waals surface area contributed by atoms with Crippen LogP contribution in [0.15, 0.2) is 24.3 Å². The summed E-state index contributed by atoms with van der Waals surface area (Å²) >= 11 is 6.02. The molecular formula is C13H13ClN4O. The van der Waals surface area contributed by atoms with E-state index in [1.807, 2.05) is 24.3 Å². The van der Waals surface area contributed by atoms with Crippen molar-refractivity contribution in [2.75, 3.05) is 11.9 Å². The molecule has 0 spiro atoms. The van der Waals surface area contributed by atoms with Gasteiger partial charge in [-0.2, -0.15) is 0 Å². The maximum absolute atomic E-state index is 11.1. The van der Waals surface area contributed by atoms with E-state index in [-0.39, 0.29) is 11.9 Å². The molecule has 0 bridgehead atoms. The largest absolute Gasteiger partial charge is 0.366 e. The summed E-state index contributed by atoms with van der Waals surface area (Å²) < 4.78 is 0. The van der Waals surface area contributed by atoms with E-state index in [1.54, 1.807) is 0 Å². The summed E-state index contributed by atoms with van der Waals surface area (Å²) in [5, 5.41) is 16.4. The predicted molar refractivity (Wildman–Crippen MR) is 74.2 cm³/mol. The van der Waals surface area contributed by atoms with Crippen molar-refractivity contribution in [1.82, 2.24) is 15.5 Å². The van der Waals surface area contributed by atoms with Crippen molar-refractivity contribution in [3.05, 3.63) is 29.4 Å². The van der Waals surface area contributed by atoms with Crippen molar-refractivity contribution in [3.63, 3.8) is 0 Å². The van der Waals surface area contributed by atoms with Crippen LogP contribution >= 0.6 is 11.6 Å². The Morgan fingerprint density at radius 3 is 2.84 bits per heavy atom. The van der Waals surface area contributed by atoms with Crippen molar-refractivity contribution in [1.29, 1.82) is 0 Å². The topological polar surface area (TPSA) is 66.9 Å². The number of fused-ring (bicyclic) bond motifs is 1. The highest BCUT2D eigenvalue weighted by atomic mass is 35.5. The molecule has 1 fully saturated rings. The molecule has 2 aromatic rings. The molecule has 1 aliphatic heterocycles. The Bertz CT molecular complexity index is 631. The summed E-state index contributed by atoms with van der Waals surface area (Å²) in [7, 11) is 0. The van der Waals surface area contributed by atoms with Crippen LogP contribution in [0.2, 0.25) is 5.15 Å². The minimum absolute atomic E-state index is 0.110. The maximum Gasteiger partial charge on any atom is 0.220 e. The highest BCUT2D eigenvalue weighted by Crippen LogP contribution is 2.25. The standard InChI is InChI=1S/C13H13ClN4O/c14-12-9-3-1-2-4-10(9)13(18-17-12)15-7-8-5-6-11(19)16-8/h1-4,8H,5-7H2,(H,15,18)(H,16,19). The SMILES string of the molecule is O=C1CCC(CNc2nnc(Cl)c3ccccc23)N1. The summed E-state index contributed by atoms with van der Waals surface area (Å²) in [6.07, 6.45) is 1.45. The summed E-state index contributed by atoms with van der Waals surface area (Å²) in [5.41, 5.74) is 0. The van der Waals surface area contributed by atoms with Crippen LogP contribution in [0.5, 0.6) is 0 Å². The summed E-state index contributed by atoms with van der Waals surface area (Å²) in [6.45, 7) is 0.645. The average molecular weight is 277 g/mol. The zero-order chi connectivity index (χ0) is 13.2. The number of nitrogens with zero attached hydrogens (tertiary/aromatic N) is 2. The lowest BCUT2D eigenvalue weighted by atomic mass is 10.2. The number of anilines is 1. The molecule has 1 aromatic heterocycles. The first-order valence-corrected chi connectivity index (χ1v) is 6.56. The number of benzene rings is 1. The Morgan fingerprint density at radius 2 is 2.11 bits per heavy atom. The third kappa shape index (κ3) is 2.46. The van der Waals surface area contributed by atoms with Crippen molar-refractivity contribution in [2.45, 2.75) is 18.9 Å². The molecule has 1 atom stereocenters. The van der Waals surface area contributed by atoms with Crippen LogP contribution in [0.25, 0.3) is 10.8 Å². The van der Waals surface area contributed by atoms with Gasteiger partial charge in [0, 0.05) is 29.8 Å². The van der Waals surface area contributed by atoms with Gasteiger partial charge >= 0.3 is 0 Å². The van der Waals surface area contributed by atoms with Crippen LogP contribution < -0.4 is 10.6 Å². The lowest BCUT2D eigenvalue weighted by Gasteiger charge is -2.13. The molecule has 19 heavy (non-hydrogen) atoms. The molecule has 3 rings (SSSR count). The fourth-order valence-electron chi connectivity index (χ4n) is 2.25. The highest BCUT2D eigenvalue weighted by molar-refractivity contribution is 6.34. The molecule has 6 heteroatoms. The molecular weight excluding hydrogens is 264 g/mol. The van der Waals surface area contributed by atoms with E-state index in [4.69, 9.17) is 11.6 Å². The number of nitrogens with one attached hydrogen (secondary N) is 2. The molecule has 98 valence electrons. The molecule has 0 saturated carbocycles. The second-order valence-electron chi connectivity index (χ2n) is 4.57. The molecule has 2 heterocycles. The van der Waals surface area contributed by atoms with Crippen LogP contribution in [0.4, 0.5) is 5.82 Å². The Balaban J connectivity index is 1.81. The van der Waals surface area contributed by atoms with Gasteiger partial charge in [-0.1, -0.05) is 35.9 Å². The minimum atomic E-state index is 0.110. The van der Waals surface area contributed by atoms with Crippen LogP contribution in [-0.4, -0.2) is 28.7 Å². The number of halogens is 1. The summed E-state index contributed by atoms with van der Waals surface area (Å²) in [6, 6.07) is 7.86. The first-order valence-electron chi connectivity index (χ1n) is 6.18. The van der Waals surface area contributed by atoms with Crippen LogP contribution in [0.3, 0.4) is 0 Å². The zero-order valence-electron chi connectivity index (χ0n) is 10.2. The van der Waals surface area contributed by atoms with Gasteiger partial charge in [0.2, 0.25) is 5.91 Å². The fraction of sp³-hybridized carbons (Fsp3) is 0.308. The zero-order valence-corrected chi connectivity index (χ0v) is 10.9. The van der Waals surface area contributed by atoms with Crippen LogP contribution in [0, 0.1) is 0 Å². The first kappa shape index (κ1) is 12.2. The molecule has 1 unspecified atom stereocenters. The molecule has 1 amide bonds. The van der Waals surface area contributed by atoms with Crippen molar-refractivity contribution >= 4 is 34.1 Å². The van der Waals surface area contributed by atoms with E-state index in [1.165, 1.54) is 0 Å². The van der Waals surface area contributed by atoms with E-state index >= 15 is 0 Å².